The lowest BCUT2D eigenvalue weighted by Gasteiger charge is -2.09. The van der Waals surface area contributed by atoms with Gasteiger partial charge in [-0.2, -0.15) is 0 Å². The van der Waals surface area contributed by atoms with Crippen LogP contribution in [-0.2, 0) is 6.42 Å². The SMILES string of the molecule is COc1c(C/C=C/c2ccccc2)ccc(O)c1O. The second-order valence-corrected chi connectivity index (χ2v) is 4.14. The van der Waals surface area contributed by atoms with Gasteiger partial charge in [0.05, 0.1) is 7.11 Å². The summed E-state index contributed by atoms with van der Waals surface area (Å²) in [5.74, 6) is -0.0709. The molecule has 0 saturated heterocycles. The van der Waals surface area contributed by atoms with Crippen LogP contribution in [0.15, 0.2) is 48.5 Å². The molecule has 0 atom stereocenters. The van der Waals surface area contributed by atoms with E-state index in [2.05, 4.69) is 0 Å². The number of rotatable bonds is 4. The average molecular weight is 256 g/mol. The first-order valence-electron chi connectivity index (χ1n) is 6.01. The van der Waals surface area contributed by atoms with Gasteiger partial charge in [-0.1, -0.05) is 48.6 Å². The number of ether oxygens (including phenoxy) is 1. The lowest BCUT2D eigenvalue weighted by Crippen LogP contribution is -1.91. The molecular formula is C16H16O3. The number of benzene rings is 2. The van der Waals surface area contributed by atoms with E-state index >= 15 is 0 Å². The Morgan fingerprint density at radius 1 is 1.05 bits per heavy atom. The lowest BCUT2D eigenvalue weighted by atomic mass is 10.1. The highest BCUT2D eigenvalue weighted by atomic mass is 16.5. The summed E-state index contributed by atoms with van der Waals surface area (Å²) in [4.78, 5) is 0. The maximum Gasteiger partial charge on any atom is 0.200 e. The molecule has 0 saturated carbocycles. The van der Waals surface area contributed by atoms with Crippen LogP contribution in [0.25, 0.3) is 6.08 Å². The molecule has 0 radical (unpaired) electrons. The Balaban J connectivity index is 2.16. The van der Waals surface area contributed by atoms with Crippen molar-refractivity contribution < 1.29 is 14.9 Å². The Morgan fingerprint density at radius 2 is 1.79 bits per heavy atom. The van der Waals surface area contributed by atoms with Crippen molar-refractivity contribution in [1.29, 1.82) is 0 Å². The zero-order chi connectivity index (χ0) is 13.7. The number of phenolic OH excluding ortho intramolecular Hbond substituents is 2. The van der Waals surface area contributed by atoms with Gasteiger partial charge >= 0.3 is 0 Å². The monoisotopic (exact) mass is 256 g/mol. The van der Waals surface area contributed by atoms with E-state index in [0.29, 0.717) is 12.2 Å². The van der Waals surface area contributed by atoms with Gasteiger partial charge in [-0.3, -0.25) is 0 Å². The van der Waals surface area contributed by atoms with Gasteiger partial charge in [0.2, 0.25) is 5.75 Å². The largest absolute Gasteiger partial charge is 0.504 e. The summed E-state index contributed by atoms with van der Waals surface area (Å²) in [7, 11) is 1.47. The van der Waals surface area contributed by atoms with E-state index in [0.717, 1.165) is 11.1 Å². The van der Waals surface area contributed by atoms with Gasteiger partial charge in [0, 0.05) is 5.56 Å². The second kappa shape index (κ2) is 5.96. The van der Waals surface area contributed by atoms with E-state index < -0.39 is 0 Å². The smallest absolute Gasteiger partial charge is 0.200 e. The van der Waals surface area contributed by atoms with Crippen LogP contribution >= 0.6 is 0 Å². The summed E-state index contributed by atoms with van der Waals surface area (Å²) in [5, 5.41) is 19.1. The molecule has 0 amide bonds. The summed E-state index contributed by atoms with van der Waals surface area (Å²) in [6, 6.07) is 13.2. The highest BCUT2D eigenvalue weighted by Gasteiger charge is 2.11. The Labute approximate surface area is 112 Å². The summed E-state index contributed by atoms with van der Waals surface area (Å²) >= 11 is 0. The zero-order valence-electron chi connectivity index (χ0n) is 10.7. The molecule has 0 aliphatic rings. The fraction of sp³-hybridized carbons (Fsp3) is 0.125. The first-order valence-corrected chi connectivity index (χ1v) is 6.01. The first-order chi connectivity index (χ1) is 9.22. The quantitative estimate of drug-likeness (QED) is 0.825. The molecule has 19 heavy (non-hydrogen) atoms. The third-order valence-corrected chi connectivity index (χ3v) is 2.84. The maximum atomic E-state index is 9.70. The van der Waals surface area contributed by atoms with Crippen LogP contribution in [0.3, 0.4) is 0 Å². The fourth-order valence-electron chi connectivity index (χ4n) is 1.88. The first kappa shape index (κ1) is 13.0. The minimum atomic E-state index is -0.215. The number of hydrogen-bond acceptors (Lipinski definition) is 3. The van der Waals surface area contributed by atoms with Gasteiger partial charge in [0.1, 0.15) is 0 Å². The Bertz CT molecular complexity index is 574. The van der Waals surface area contributed by atoms with Crippen LogP contribution < -0.4 is 4.74 Å². The summed E-state index contributed by atoms with van der Waals surface area (Å²) in [5.41, 5.74) is 1.94. The summed E-state index contributed by atoms with van der Waals surface area (Å²) < 4.78 is 5.12. The molecule has 0 aliphatic heterocycles. The van der Waals surface area contributed by atoms with E-state index in [1.54, 1.807) is 6.07 Å². The van der Waals surface area contributed by atoms with Gasteiger partial charge in [0.25, 0.3) is 0 Å². The molecule has 3 nitrogen and oxygen atoms in total. The van der Waals surface area contributed by atoms with Crippen LogP contribution in [0.2, 0.25) is 0 Å². The third kappa shape index (κ3) is 3.07. The second-order valence-electron chi connectivity index (χ2n) is 4.14. The van der Waals surface area contributed by atoms with Gasteiger partial charge in [-0.05, 0) is 18.1 Å². The van der Waals surface area contributed by atoms with Gasteiger partial charge in [0.15, 0.2) is 11.5 Å². The third-order valence-electron chi connectivity index (χ3n) is 2.84. The molecular weight excluding hydrogens is 240 g/mol. The molecule has 2 rings (SSSR count). The molecule has 0 bridgehead atoms. The molecule has 2 aromatic rings. The van der Waals surface area contributed by atoms with E-state index in [1.165, 1.54) is 13.2 Å². The van der Waals surface area contributed by atoms with E-state index in [-0.39, 0.29) is 11.5 Å². The molecule has 0 heterocycles. The Morgan fingerprint density at radius 3 is 2.47 bits per heavy atom. The topological polar surface area (TPSA) is 49.7 Å². The highest BCUT2D eigenvalue weighted by Crippen LogP contribution is 2.38. The zero-order valence-corrected chi connectivity index (χ0v) is 10.7. The van der Waals surface area contributed by atoms with Gasteiger partial charge in [-0.25, -0.2) is 0 Å². The Kier molecular flexibility index (Phi) is 4.08. The lowest BCUT2D eigenvalue weighted by molar-refractivity contribution is 0.348. The van der Waals surface area contributed by atoms with Crippen molar-refractivity contribution in [3.63, 3.8) is 0 Å². The standard InChI is InChI=1S/C16H16O3/c1-19-16-13(10-11-14(17)15(16)18)9-5-8-12-6-3-2-4-7-12/h2-8,10-11,17-18H,9H2,1H3/b8-5+. The molecule has 98 valence electrons. The molecule has 2 aromatic carbocycles. The van der Waals surface area contributed by atoms with Crippen molar-refractivity contribution >= 4 is 6.08 Å². The van der Waals surface area contributed by atoms with Gasteiger partial charge in [-0.15, -0.1) is 0 Å². The molecule has 0 aromatic heterocycles. The number of allylic oxidation sites excluding steroid dienone is 1. The van der Waals surface area contributed by atoms with Crippen molar-refractivity contribution in [2.45, 2.75) is 6.42 Å². The fourth-order valence-corrected chi connectivity index (χ4v) is 1.88. The van der Waals surface area contributed by atoms with Crippen LogP contribution in [-0.4, -0.2) is 17.3 Å². The number of aromatic hydroxyl groups is 2. The highest BCUT2D eigenvalue weighted by molar-refractivity contribution is 5.56. The predicted octanol–water partition coefficient (Wildman–Crippen LogP) is 3.36. The summed E-state index contributed by atoms with van der Waals surface area (Å²) in [6.07, 6.45) is 4.61. The summed E-state index contributed by atoms with van der Waals surface area (Å²) in [6.45, 7) is 0. The number of phenols is 2. The minimum Gasteiger partial charge on any atom is -0.504 e. The predicted molar refractivity (Wildman–Crippen MR) is 75.5 cm³/mol. The van der Waals surface area contributed by atoms with E-state index in [9.17, 15) is 10.2 Å². The van der Waals surface area contributed by atoms with Crippen LogP contribution in [0.5, 0.6) is 17.2 Å². The van der Waals surface area contributed by atoms with Crippen molar-refractivity contribution in [2.75, 3.05) is 7.11 Å². The molecule has 0 aliphatic carbocycles. The molecule has 2 N–H and O–H groups in total. The van der Waals surface area contributed by atoms with Crippen LogP contribution in [0, 0.1) is 0 Å². The van der Waals surface area contributed by atoms with Crippen molar-refractivity contribution in [1.82, 2.24) is 0 Å². The number of hydrogen-bond donors (Lipinski definition) is 2. The van der Waals surface area contributed by atoms with E-state index in [4.69, 9.17) is 4.74 Å². The van der Waals surface area contributed by atoms with Gasteiger partial charge < -0.3 is 14.9 Å². The average Bonchev–Trinajstić information content (AvgIpc) is 2.44. The van der Waals surface area contributed by atoms with Crippen molar-refractivity contribution in [3.8, 4) is 17.2 Å². The Hall–Kier alpha value is -2.42. The van der Waals surface area contributed by atoms with Crippen LogP contribution in [0.1, 0.15) is 11.1 Å². The molecule has 0 fully saturated rings. The molecule has 0 unspecified atom stereocenters. The van der Waals surface area contributed by atoms with Crippen molar-refractivity contribution in [3.05, 3.63) is 59.7 Å². The molecule has 0 spiro atoms. The molecule has 3 heteroatoms. The van der Waals surface area contributed by atoms with E-state index in [1.807, 2.05) is 42.5 Å². The maximum absolute atomic E-state index is 9.70. The van der Waals surface area contributed by atoms with Crippen LogP contribution in [0.4, 0.5) is 0 Å². The normalized spacial score (nSPS) is 10.8. The minimum absolute atomic E-state index is 0.173. The van der Waals surface area contributed by atoms with Crippen molar-refractivity contribution in [2.24, 2.45) is 0 Å². The number of methoxy groups -OCH3 is 1.